The van der Waals surface area contributed by atoms with E-state index in [9.17, 15) is 4.79 Å². The standard InChI is InChI=1S/C13H17N3OS.C5H10O2.C2H6/c1-15-12-16-13(5-7-18-12)4-6-17-11-3-2-9(14)8-10(11)13;1-5(2,3)7-4-6;1-2/h2-3,8H,4-7,14H2,1H3,(H,15,16);4H,1-3H3;1-2H3. The Morgan fingerprint density at radius 1 is 1.33 bits per heavy atom. The lowest BCUT2D eigenvalue weighted by Crippen LogP contribution is -2.51. The lowest BCUT2D eigenvalue weighted by atomic mass is 9.82. The van der Waals surface area contributed by atoms with Crippen LogP contribution < -0.4 is 15.8 Å². The highest BCUT2D eigenvalue weighted by molar-refractivity contribution is 8.13. The second kappa shape index (κ2) is 10.4. The Morgan fingerprint density at radius 2 is 2.04 bits per heavy atom. The number of anilines is 1. The number of carbonyl (C=O) groups excluding carboxylic acids is 1. The average molecular weight is 396 g/mol. The number of nitrogens with zero attached hydrogens (tertiary/aromatic N) is 1. The number of aliphatic imine (C=N–C) groups is 1. The van der Waals surface area contributed by atoms with Crippen molar-refractivity contribution in [2.45, 2.75) is 58.6 Å². The second-order valence-electron chi connectivity index (χ2n) is 7.01. The highest BCUT2D eigenvalue weighted by Gasteiger charge is 2.40. The Labute approximate surface area is 167 Å². The molecule has 0 amide bonds. The Balaban J connectivity index is 0.000000346. The molecule has 6 nitrogen and oxygen atoms in total. The Hall–Kier alpha value is -1.89. The van der Waals surface area contributed by atoms with E-state index < -0.39 is 0 Å². The molecule has 0 radical (unpaired) electrons. The van der Waals surface area contributed by atoms with Crippen LogP contribution in [0.1, 0.15) is 53.0 Å². The number of thioether (sulfide) groups is 1. The summed E-state index contributed by atoms with van der Waals surface area (Å²) in [7, 11) is 1.83. The van der Waals surface area contributed by atoms with Crippen molar-refractivity contribution in [3.05, 3.63) is 23.8 Å². The molecule has 1 atom stereocenters. The number of hydrogen-bond donors (Lipinski definition) is 2. The number of nitrogens with two attached hydrogens (primary N) is 1. The van der Waals surface area contributed by atoms with Crippen LogP contribution in [-0.4, -0.2) is 36.6 Å². The van der Waals surface area contributed by atoms with Crippen LogP contribution in [0.4, 0.5) is 5.69 Å². The number of benzene rings is 1. The summed E-state index contributed by atoms with van der Waals surface area (Å²) in [5, 5.41) is 4.59. The highest BCUT2D eigenvalue weighted by atomic mass is 32.2. The van der Waals surface area contributed by atoms with Crippen LogP contribution in [0, 0.1) is 0 Å². The molecule has 1 unspecified atom stereocenters. The summed E-state index contributed by atoms with van der Waals surface area (Å²) in [4.78, 5) is 13.9. The molecule has 2 heterocycles. The third-order valence-electron chi connectivity index (χ3n) is 4.02. The molecule has 1 spiro atoms. The maximum absolute atomic E-state index is 9.60. The number of fused-ring (bicyclic) bond motifs is 2. The molecule has 3 N–H and O–H groups in total. The van der Waals surface area contributed by atoms with Crippen molar-refractivity contribution in [3.8, 4) is 5.75 Å². The van der Waals surface area contributed by atoms with Crippen LogP contribution in [0.25, 0.3) is 0 Å². The van der Waals surface area contributed by atoms with Gasteiger partial charge in [0, 0.05) is 30.5 Å². The summed E-state index contributed by atoms with van der Waals surface area (Å²) in [5.41, 5.74) is 7.51. The predicted octanol–water partition coefficient (Wildman–Crippen LogP) is 3.94. The molecule has 1 aromatic rings. The fraction of sp³-hybridized carbons (Fsp3) is 0.600. The third kappa shape index (κ3) is 6.65. The minimum absolute atomic E-state index is 0.0525. The van der Waals surface area contributed by atoms with Gasteiger partial charge in [-0.25, -0.2) is 0 Å². The van der Waals surface area contributed by atoms with Gasteiger partial charge in [0.25, 0.3) is 6.47 Å². The molecular weight excluding hydrogens is 362 g/mol. The first-order chi connectivity index (χ1) is 12.8. The fourth-order valence-corrected chi connectivity index (χ4v) is 3.84. The number of carbonyl (C=O) groups is 1. The number of rotatable bonds is 1. The van der Waals surface area contributed by atoms with Gasteiger partial charge in [0.15, 0.2) is 5.17 Å². The molecule has 2 aliphatic heterocycles. The van der Waals surface area contributed by atoms with E-state index in [1.54, 1.807) is 11.8 Å². The molecule has 7 heteroatoms. The first-order valence-corrected chi connectivity index (χ1v) is 10.3. The zero-order chi connectivity index (χ0) is 20.5. The van der Waals surface area contributed by atoms with Gasteiger partial charge in [-0.2, -0.15) is 0 Å². The monoisotopic (exact) mass is 395 g/mol. The number of hydrogen-bond acceptors (Lipinski definition) is 6. The van der Waals surface area contributed by atoms with Crippen LogP contribution >= 0.6 is 11.8 Å². The fourth-order valence-electron chi connectivity index (χ4n) is 2.80. The normalized spacial score (nSPS) is 22.1. The molecule has 1 aromatic carbocycles. The number of amidine groups is 1. The summed E-state index contributed by atoms with van der Waals surface area (Å²) < 4.78 is 10.3. The van der Waals surface area contributed by atoms with Crippen LogP contribution in [0.5, 0.6) is 5.75 Å². The van der Waals surface area contributed by atoms with Gasteiger partial charge in [0.05, 0.1) is 12.1 Å². The summed E-state index contributed by atoms with van der Waals surface area (Å²) in [5.74, 6) is 2.03. The van der Waals surface area contributed by atoms with Gasteiger partial charge in [-0.3, -0.25) is 9.79 Å². The molecule has 27 heavy (non-hydrogen) atoms. The minimum atomic E-state index is -0.318. The molecule has 3 rings (SSSR count). The first kappa shape index (κ1) is 23.1. The number of nitrogens with one attached hydrogen (secondary N) is 1. The molecular formula is C20H33N3O3S. The largest absolute Gasteiger partial charge is 0.493 e. The van der Waals surface area contributed by atoms with E-state index in [1.165, 1.54) is 5.56 Å². The molecule has 1 fully saturated rings. The maximum atomic E-state index is 9.60. The summed E-state index contributed by atoms with van der Waals surface area (Å²) >= 11 is 1.78. The Kier molecular flexibility index (Phi) is 8.96. The van der Waals surface area contributed by atoms with Crippen LogP contribution in [-0.2, 0) is 15.1 Å². The van der Waals surface area contributed by atoms with Crippen molar-refractivity contribution in [1.82, 2.24) is 5.32 Å². The van der Waals surface area contributed by atoms with Crippen molar-refractivity contribution in [1.29, 1.82) is 0 Å². The minimum Gasteiger partial charge on any atom is -0.493 e. The zero-order valence-corrected chi connectivity index (χ0v) is 18.1. The van der Waals surface area contributed by atoms with E-state index in [2.05, 4.69) is 15.0 Å². The van der Waals surface area contributed by atoms with Crippen molar-refractivity contribution in [3.63, 3.8) is 0 Å². The van der Waals surface area contributed by atoms with Gasteiger partial charge in [-0.05, 0) is 45.4 Å². The zero-order valence-electron chi connectivity index (χ0n) is 17.3. The SMILES string of the molecule is CC.CC(C)(C)OC=O.CN=C1NC2(CCOc3ccc(N)cc32)CCS1. The number of nitrogen functional groups attached to an aromatic ring is 1. The summed E-state index contributed by atoms with van der Waals surface area (Å²) in [6, 6.07) is 5.90. The van der Waals surface area contributed by atoms with Gasteiger partial charge < -0.3 is 20.5 Å². The molecule has 0 saturated carbocycles. The van der Waals surface area contributed by atoms with E-state index in [4.69, 9.17) is 10.5 Å². The molecule has 1 saturated heterocycles. The van der Waals surface area contributed by atoms with Crippen molar-refractivity contribution >= 4 is 29.1 Å². The van der Waals surface area contributed by atoms with Crippen LogP contribution in [0.3, 0.4) is 0 Å². The summed E-state index contributed by atoms with van der Waals surface area (Å²) in [6.45, 7) is 10.7. The smallest absolute Gasteiger partial charge is 0.293 e. The van der Waals surface area contributed by atoms with E-state index in [1.807, 2.05) is 59.9 Å². The van der Waals surface area contributed by atoms with E-state index in [-0.39, 0.29) is 11.1 Å². The van der Waals surface area contributed by atoms with E-state index in [0.717, 1.165) is 41.8 Å². The topological polar surface area (TPSA) is 85.9 Å². The lowest BCUT2D eigenvalue weighted by Gasteiger charge is -2.43. The van der Waals surface area contributed by atoms with Gasteiger partial charge in [0.2, 0.25) is 0 Å². The van der Waals surface area contributed by atoms with Crippen molar-refractivity contribution in [2.24, 2.45) is 4.99 Å². The lowest BCUT2D eigenvalue weighted by molar-refractivity contribution is -0.138. The Morgan fingerprint density at radius 3 is 2.59 bits per heavy atom. The molecule has 0 aromatic heterocycles. The number of ether oxygens (including phenoxy) is 2. The molecule has 0 bridgehead atoms. The van der Waals surface area contributed by atoms with Crippen LogP contribution in [0.15, 0.2) is 23.2 Å². The average Bonchev–Trinajstić information content (AvgIpc) is 2.64. The maximum Gasteiger partial charge on any atom is 0.293 e. The Bertz CT molecular complexity index is 644. The van der Waals surface area contributed by atoms with Gasteiger partial charge in [-0.1, -0.05) is 25.6 Å². The highest BCUT2D eigenvalue weighted by Crippen LogP contribution is 2.43. The predicted molar refractivity (Wildman–Crippen MR) is 114 cm³/mol. The quantitative estimate of drug-likeness (QED) is 0.553. The first-order valence-electron chi connectivity index (χ1n) is 9.32. The molecule has 152 valence electrons. The third-order valence-corrected chi connectivity index (χ3v) is 4.99. The van der Waals surface area contributed by atoms with Gasteiger partial charge >= 0.3 is 0 Å². The van der Waals surface area contributed by atoms with E-state index >= 15 is 0 Å². The van der Waals surface area contributed by atoms with Gasteiger partial charge in [0.1, 0.15) is 11.4 Å². The molecule has 0 aliphatic carbocycles. The summed E-state index contributed by atoms with van der Waals surface area (Å²) in [6.07, 6.45) is 2.04. The van der Waals surface area contributed by atoms with Crippen LogP contribution in [0.2, 0.25) is 0 Å². The van der Waals surface area contributed by atoms with Crippen molar-refractivity contribution < 1.29 is 14.3 Å². The van der Waals surface area contributed by atoms with Gasteiger partial charge in [-0.15, -0.1) is 0 Å². The van der Waals surface area contributed by atoms with Crippen molar-refractivity contribution in [2.75, 3.05) is 25.1 Å². The van der Waals surface area contributed by atoms with E-state index in [0.29, 0.717) is 6.47 Å². The second-order valence-corrected chi connectivity index (χ2v) is 8.10. The molecule has 2 aliphatic rings.